The number of ether oxygens (including phenoxy) is 1. The summed E-state index contributed by atoms with van der Waals surface area (Å²) in [6.45, 7) is 0.789. The Hall–Kier alpha value is -1.90. The van der Waals surface area contributed by atoms with Crippen LogP contribution in [0.15, 0.2) is 48.5 Å². The molecule has 0 aromatic heterocycles. The molecule has 82 valence electrons. The molecule has 0 unspecified atom stereocenters. The van der Waals surface area contributed by atoms with Crippen LogP contribution in [0, 0.1) is 0 Å². The van der Waals surface area contributed by atoms with Gasteiger partial charge >= 0.3 is 0 Å². The molecular weight excluding hydrogens is 209 g/mol. The fourth-order valence-electron chi connectivity index (χ4n) is 2.15. The summed E-state index contributed by atoms with van der Waals surface area (Å²) >= 11 is 0. The molecule has 17 heavy (non-hydrogen) atoms. The van der Waals surface area contributed by atoms with Crippen molar-refractivity contribution >= 4 is 19.2 Å². The van der Waals surface area contributed by atoms with Crippen molar-refractivity contribution in [1.82, 2.24) is 0 Å². The zero-order chi connectivity index (χ0) is 11.7. The van der Waals surface area contributed by atoms with E-state index in [1.54, 1.807) is 0 Å². The fraction of sp³-hybridized carbons (Fsp3) is 0.143. The lowest BCUT2D eigenvalue weighted by Crippen LogP contribution is -2.21. The van der Waals surface area contributed by atoms with Crippen molar-refractivity contribution in [2.45, 2.75) is 6.32 Å². The molecule has 1 aliphatic heterocycles. The lowest BCUT2D eigenvalue weighted by molar-refractivity contribution is 0.474. The summed E-state index contributed by atoms with van der Waals surface area (Å²) < 4.78 is 5.87. The fourth-order valence-corrected chi connectivity index (χ4v) is 2.15. The highest BCUT2D eigenvalue weighted by Gasteiger charge is 2.22. The van der Waals surface area contributed by atoms with Gasteiger partial charge in [0.05, 0.1) is 19.2 Å². The van der Waals surface area contributed by atoms with E-state index < -0.39 is 0 Å². The van der Waals surface area contributed by atoms with Crippen LogP contribution in [0.4, 0.5) is 11.4 Å². The third kappa shape index (κ3) is 1.68. The maximum atomic E-state index is 5.87. The van der Waals surface area contributed by atoms with Crippen molar-refractivity contribution in [3.8, 4) is 11.5 Å². The zero-order valence-electron chi connectivity index (χ0n) is 9.47. The molecule has 0 atom stereocenters. The minimum absolute atomic E-state index is 0.614. The van der Waals surface area contributed by atoms with Gasteiger partial charge in [0.1, 0.15) is 0 Å². The van der Waals surface area contributed by atoms with E-state index in [1.165, 1.54) is 0 Å². The second-order valence-corrected chi connectivity index (χ2v) is 3.98. The molecule has 1 heterocycles. The average molecular weight is 221 g/mol. The van der Waals surface area contributed by atoms with Crippen molar-refractivity contribution in [2.75, 3.05) is 11.4 Å². The van der Waals surface area contributed by atoms with E-state index in [-0.39, 0.29) is 0 Å². The number of para-hydroxylation sites is 4. The first kappa shape index (κ1) is 10.3. The molecule has 2 radical (unpaired) electrons. The van der Waals surface area contributed by atoms with Gasteiger partial charge in [-0.1, -0.05) is 30.6 Å². The average Bonchev–Trinajstić information content (AvgIpc) is 2.39. The number of fused-ring (bicyclic) bond motifs is 2. The zero-order valence-corrected chi connectivity index (χ0v) is 9.47. The lowest BCUT2D eigenvalue weighted by Gasteiger charge is -2.32. The summed E-state index contributed by atoms with van der Waals surface area (Å²) in [7, 11) is 5.69. The van der Waals surface area contributed by atoms with Crippen LogP contribution in [0.5, 0.6) is 11.5 Å². The van der Waals surface area contributed by atoms with Crippen molar-refractivity contribution in [3.05, 3.63) is 48.5 Å². The van der Waals surface area contributed by atoms with Crippen molar-refractivity contribution in [1.29, 1.82) is 0 Å². The van der Waals surface area contributed by atoms with E-state index in [0.717, 1.165) is 29.4 Å². The first-order valence-corrected chi connectivity index (χ1v) is 5.73. The van der Waals surface area contributed by atoms with Gasteiger partial charge in [0, 0.05) is 6.54 Å². The minimum atomic E-state index is 0.614. The standard InChI is InChI=1S/C14H12BNO/c15-9-10-16-11-5-1-3-7-13(11)17-14-8-4-2-6-12(14)16/h1-8H,9-10H2. The van der Waals surface area contributed by atoms with Crippen LogP contribution < -0.4 is 9.64 Å². The molecule has 2 aromatic carbocycles. The Labute approximate surface area is 102 Å². The molecule has 0 fully saturated rings. The van der Waals surface area contributed by atoms with Gasteiger partial charge in [-0.05, 0) is 24.3 Å². The summed E-state index contributed by atoms with van der Waals surface area (Å²) in [5.74, 6) is 1.78. The third-order valence-corrected chi connectivity index (χ3v) is 2.88. The summed E-state index contributed by atoms with van der Waals surface area (Å²) in [5, 5.41) is 0. The van der Waals surface area contributed by atoms with Crippen LogP contribution in [0.25, 0.3) is 0 Å². The van der Waals surface area contributed by atoms with E-state index in [9.17, 15) is 0 Å². The summed E-state index contributed by atoms with van der Waals surface area (Å²) in [5.41, 5.74) is 2.16. The number of rotatable bonds is 2. The number of anilines is 2. The highest BCUT2D eigenvalue weighted by molar-refractivity contribution is 6.09. The van der Waals surface area contributed by atoms with Crippen LogP contribution >= 0.6 is 0 Å². The predicted octanol–water partition coefficient (Wildman–Crippen LogP) is 3.52. The maximum absolute atomic E-state index is 5.87. The van der Waals surface area contributed by atoms with E-state index >= 15 is 0 Å². The number of benzene rings is 2. The van der Waals surface area contributed by atoms with Crippen molar-refractivity contribution < 1.29 is 4.74 Å². The van der Waals surface area contributed by atoms with Crippen LogP contribution in [0.2, 0.25) is 6.32 Å². The quantitative estimate of drug-likeness (QED) is 0.719. The van der Waals surface area contributed by atoms with Gasteiger partial charge in [-0.25, -0.2) is 0 Å². The Morgan fingerprint density at radius 2 is 1.41 bits per heavy atom. The molecule has 2 aromatic rings. The SMILES string of the molecule is [B]CCN1c2ccccc2Oc2ccccc21. The van der Waals surface area contributed by atoms with Crippen LogP contribution in [0.1, 0.15) is 0 Å². The van der Waals surface area contributed by atoms with Crippen LogP contribution in [-0.4, -0.2) is 14.4 Å². The van der Waals surface area contributed by atoms with E-state index in [4.69, 9.17) is 12.6 Å². The van der Waals surface area contributed by atoms with E-state index in [0.29, 0.717) is 6.32 Å². The van der Waals surface area contributed by atoms with Crippen molar-refractivity contribution in [3.63, 3.8) is 0 Å². The highest BCUT2D eigenvalue weighted by atomic mass is 16.5. The molecule has 0 N–H and O–H groups in total. The molecule has 0 saturated carbocycles. The smallest absolute Gasteiger partial charge is 0.151 e. The molecule has 0 amide bonds. The topological polar surface area (TPSA) is 12.5 Å². The molecule has 0 saturated heterocycles. The number of hydrogen-bond acceptors (Lipinski definition) is 2. The summed E-state index contributed by atoms with van der Waals surface area (Å²) in [4.78, 5) is 2.20. The Morgan fingerprint density at radius 3 is 1.94 bits per heavy atom. The minimum Gasteiger partial charge on any atom is -0.453 e. The molecule has 0 bridgehead atoms. The van der Waals surface area contributed by atoms with Gasteiger partial charge in [0.25, 0.3) is 0 Å². The Balaban J connectivity index is 2.13. The molecule has 3 rings (SSSR count). The second kappa shape index (κ2) is 4.17. The van der Waals surface area contributed by atoms with Gasteiger partial charge in [0.2, 0.25) is 0 Å². The molecule has 2 nitrogen and oxygen atoms in total. The van der Waals surface area contributed by atoms with E-state index in [1.807, 2.05) is 36.4 Å². The van der Waals surface area contributed by atoms with E-state index in [2.05, 4.69) is 17.0 Å². The molecule has 0 spiro atoms. The highest BCUT2D eigenvalue weighted by Crippen LogP contribution is 2.45. The monoisotopic (exact) mass is 221 g/mol. The summed E-state index contributed by atoms with van der Waals surface area (Å²) in [6.07, 6.45) is 0.614. The van der Waals surface area contributed by atoms with Gasteiger partial charge in [0.15, 0.2) is 11.5 Å². The molecular formula is C14H12BNO. The van der Waals surface area contributed by atoms with Gasteiger partial charge in [-0.2, -0.15) is 0 Å². The van der Waals surface area contributed by atoms with Crippen LogP contribution in [0.3, 0.4) is 0 Å². The number of hydrogen-bond donors (Lipinski definition) is 0. The Bertz CT molecular complexity index is 496. The maximum Gasteiger partial charge on any atom is 0.151 e. The van der Waals surface area contributed by atoms with Gasteiger partial charge in [-0.3, -0.25) is 0 Å². The summed E-state index contributed by atoms with van der Waals surface area (Å²) in [6, 6.07) is 16.1. The first-order chi connectivity index (χ1) is 8.40. The predicted molar refractivity (Wildman–Crippen MR) is 70.5 cm³/mol. The number of nitrogens with zero attached hydrogens (tertiary/aromatic N) is 1. The van der Waals surface area contributed by atoms with Gasteiger partial charge < -0.3 is 9.64 Å². The molecule has 3 heteroatoms. The normalized spacial score (nSPS) is 12.6. The Morgan fingerprint density at radius 1 is 0.882 bits per heavy atom. The van der Waals surface area contributed by atoms with Crippen LogP contribution in [-0.2, 0) is 0 Å². The first-order valence-electron chi connectivity index (χ1n) is 5.73. The van der Waals surface area contributed by atoms with Crippen molar-refractivity contribution in [2.24, 2.45) is 0 Å². The van der Waals surface area contributed by atoms with Gasteiger partial charge in [-0.15, -0.1) is 0 Å². The second-order valence-electron chi connectivity index (χ2n) is 3.98. The largest absolute Gasteiger partial charge is 0.453 e. The Kier molecular flexibility index (Phi) is 2.52. The molecule has 0 aliphatic carbocycles. The molecule has 1 aliphatic rings. The lowest BCUT2D eigenvalue weighted by atomic mass is 10.0. The third-order valence-electron chi connectivity index (χ3n) is 2.88.